The second-order valence-electron chi connectivity index (χ2n) is 9.03. The fourth-order valence-corrected chi connectivity index (χ4v) is 4.06. The predicted octanol–water partition coefficient (Wildman–Crippen LogP) is 3.56. The lowest BCUT2D eigenvalue weighted by Crippen LogP contribution is -2.62. The molecule has 0 spiro atoms. The third kappa shape index (κ3) is 6.17. The van der Waals surface area contributed by atoms with Gasteiger partial charge in [-0.05, 0) is 39.3 Å². The molecule has 9 nitrogen and oxygen atoms in total. The number of anilines is 1. The summed E-state index contributed by atoms with van der Waals surface area (Å²) in [5, 5.41) is 0. The number of aromatic nitrogens is 2. The number of ether oxygens (including phenoxy) is 2. The number of hydrogen-bond acceptors (Lipinski definition) is 6. The van der Waals surface area contributed by atoms with Gasteiger partial charge in [0.1, 0.15) is 5.60 Å². The maximum absolute atomic E-state index is 12.9. The Kier molecular flexibility index (Phi) is 10.3. The molecule has 0 N–H and O–H groups in total. The smallest absolute Gasteiger partial charge is 0.410 e. The first kappa shape index (κ1) is 29.6. The second-order valence-corrected chi connectivity index (χ2v) is 9.03. The van der Waals surface area contributed by atoms with Crippen LogP contribution in [-0.2, 0) is 16.5 Å². The van der Waals surface area contributed by atoms with Gasteiger partial charge in [0.25, 0.3) is 11.4 Å². The van der Waals surface area contributed by atoms with E-state index in [1.54, 1.807) is 37.3 Å². The summed E-state index contributed by atoms with van der Waals surface area (Å²) in [4.78, 5) is 37.5. The summed E-state index contributed by atoms with van der Waals surface area (Å²) >= 11 is 0. The van der Waals surface area contributed by atoms with Crippen LogP contribution in [0.3, 0.4) is 0 Å². The average molecular weight is 510 g/mol. The van der Waals surface area contributed by atoms with Crippen LogP contribution in [0.2, 0.25) is 0 Å². The highest BCUT2D eigenvalue weighted by atomic mass is 32.1. The van der Waals surface area contributed by atoms with Crippen molar-refractivity contribution in [2.24, 2.45) is 7.05 Å². The first-order chi connectivity index (χ1) is 15.1. The summed E-state index contributed by atoms with van der Waals surface area (Å²) in [5.41, 5.74) is 1.17. The number of carbonyl (C=O) groups is 1. The number of piperazine rings is 1. The number of aryl methyl sites for hydroxylation is 1. The van der Waals surface area contributed by atoms with Gasteiger partial charge in [0.05, 0.1) is 23.9 Å². The van der Waals surface area contributed by atoms with Crippen LogP contribution in [0.25, 0.3) is 15.9 Å². The van der Waals surface area contributed by atoms with E-state index >= 15 is 0 Å². The Morgan fingerprint density at radius 1 is 1.24 bits per heavy atom. The quantitative estimate of drug-likeness (QED) is 0.587. The zero-order valence-electron chi connectivity index (χ0n) is 20.6. The minimum atomic E-state index is -0.602. The summed E-state index contributed by atoms with van der Waals surface area (Å²) in [5.74, 6) is 0.270. The lowest BCUT2D eigenvalue weighted by Gasteiger charge is -2.46. The largest absolute Gasteiger partial charge is 0.444 e. The maximum Gasteiger partial charge on any atom is 0.410 e. The Balaban J connectivity index is 0.00000289. The van der Waals surface area contributed by atoms with E-state index in [0.717, 1.165) is 6.42 Å². The molecule has 1 aliphatic rings. The molecular weight excluding hydrogens is 474 g/mol. The van der Waals surface area contributed by atoms with Gasteiger partial charge in [0.2, 0.25) is 5.52 Å². The van der Waals surface area contributed by atoms with Gasteiger partial charge in [-0.2, -0.15) is 27.0 Å². The number of hydrogen-bond donors (Lipinski definition) is 0. The van der Waals surface area contributed by atoms with E-state index in [1.165, 1.54) is 4.57 Å². The molecule has 1 saturated heterocycles. The molecule has 0 bridgehead atoms. The molecule has 0 radical (unpaired) electrons. The van der Waals surface area contributed by atoms with Crippen molar-refractivity contribution < 1.29 is 14.3 Å². The normalized spacial score (nSPS) is 18.0. The monoisotopic (exact) mass is 509 g/mol. The number of pyridine rings is 2. The van der Waals surface area contributed by atoms with Crippen LogP contribution < -0.4 is 10.5 Å². The summed E-state index contributed by atoms with van der Waals surface area (Å²) < 4.78 is 12.6. The third-order valence-corrected chi connectivity index (χ3v) is 5.63. The Labute approximate surface area is 214 Å². The van der Waals surface area contributed by atoms with Gasteiger partial charge >= 0.3 is 6.09 Å². The van der Waals surface area contributed by atoms with Crippen molar-refractivity contribution in [2.75, 3.05) is 31.7 Å². The van der Waals surface area contributed by atoms with E-state index < -0.39 is 5.60 Å². The van der Waals surface area contributed by atoms with Gasteiger partial charge in [0.15, 0.2) is 0 Å². The highest BCUT2D eigenvalue weighted by Crippen LogP contribution is 2.31. The molecule has 0 aromatic carbocycles. The average Bonchev–Trinajstić information content (AvgIpc) is 2.74. The Bertz CT molecular complexity index is 1110. The molecule has 0 aliphatic carbocycles. The molecule has 0 unspecified atom stereocenters. The van der Waals surface area contributed by atoms with Gasteiger partial charge in [-0.3, -0.25) is 9.69 Å². The van der Waals surface area contributed by atoms with Crippen LogP contribution in [0.1, 0.15) is 34.1 Å². The molecule has 3 heterocycles. The molecule has 11 heteroatoms. The van der Waals surface area contributed by atoms with Crippen molar-refractivity contribution in [3.8, 4) is 0 Å². The fraction of sp³-hybridized carbons (Fsp3) is 0.565. The number of fused-ring (bicyclic) bond motifs is 1. The van der Waals surface area contributed by atoms with Gasteiger partial charge in [0, 0.05) is 39.4 Å². The predicted molar refractivity (Wildman–Crippen MR) is 144 cm³/mol. The molecular formula is C23H35N5O4S2. The Morgan fingerprint density at radius 3 is 2.47 bits per heavy atom. The van der Waals surface area contributed by atoms with Gasteiger partial charge in [-0.1, -0.05) is 13.5 Å². The number of nitrogens with zero attached hydrogens (tertiary/aromatic N) is 5. The standard InChI is InChI=1S/C23H31N5O4.2H2S/c1-8-15-12-28(22(30)32-23(2,3)4)16(14-31-7)13-27(15)18-11-20(29)26(6)17-9-10-19(24-5)25-21(17)18;;/h9-11,15-16H,8,12-14H2,1-4,6-7H3;2*1H2/t15-,16-;;/m0../s1. The molecule has 34 heavy (non-hydrogen) atoms. The van der Waals surface area contributed by atoms with Crippen LogP contribution in [0, 0.1) is 6.57 Å². The number of methoxy groups -OCH3 is 1. The molecule has 1 amide bonds. The van der Waals surface area contributed by atoms with Crippen LogP contribution in [0.4, 0.5) is 16.3 Å². The van der Waals surface area contributed by atoms with Crippen LogP contribution in [-0.4, -0.2) is 65.0 Å². The Hall–Kier alpha value is -2.42. The lowest BCUT2D eigenvalue weighted by molar-refractivity contribution is -0.000970. The molecule has 1 fully saturated rings. The number of amides is 1. The van der Waals surface area contributed by atoms with Crippen molar-refractivity contribution in [1.29, 1.82) is 0 Å². The molecule has 2 atom stereocenters. The summed E-state index contributed by atoms with van der Waals surface area (Å²) in [7, 11) is 3.29. The van der Waals surface area contributed by atoms with Crippen LogP contribution in [0.15, 0.2) is 23.0 Å². The maximum atomic E-state index is 12.9. The number of rotatable bonds is 4. The van der Waals surface area contributed by atoms with E-state index in [1.807, 2.05) is 27.7 Å². The van der Waals surface area contributed by atoms with Gasteiger partial charge in [-0.25, -0.2) is 4.79 Å². The topological polar surface area (TPSA) is 81.3 Å². The SMILES string of the molecule is S.S.[C-]#[N+]c1ccc2c(n1)c(N1C[C@@H](COC)N(C(=O)OC(C)(C)C)C[C@@H]1CC)cc(=O)n2C. The zero-order chi connectivity index (χ0) is 23.6. The fourth-order valence-electron chi connectivity index (χ4n) is 4.06. The van der Waals surface area contributed by atoms with Gasteiger partial charge < -0.3 is 23.8 Å². The van der Waals surface area contributed by atoms with E-state index in [4.69, 9.17) is 16.0 Å². The highest BCUT2D eigenvalue weighted by Gasteiger charge is 2.39. The minimum absolute atomic E-state index is 0. The lowest BCUT2D eigenvalue weighted by atomic mass is 10.0. The molecule has 0 saturated carbocycles. The molecule has 2 aromatic rings. The summed E-state index contributed by atoms with van der Waals surface area (Å²) in [6.45, 7) is 16.1. The van der Waals surface area contributed by atoms with Crippen molar-refractivity contribution in [2.45, 2.75) is 51.8 Å². The van der Waals surface area contributed by atoms with Crippen molar-refractivity contribution in [3.05, 3.63) is 40.0 Å². The summed E-state index contributed by atoms with van der Waals surface area (Å²) in [6.07, 6.45) is 0.373. The minimum Gasteiger partial charge on any atom is -0.444 e. The van der Waals surface area contributed by atoms with Crippen molar-refractivity contribution in [1.82, 2.24) is 14.5 Å². The van der Waals surface area contributed by atoms with E-state index in [2.05, 4.69) is 14.7 Å². The zero-order valence-corrected chi connectivity index (χ0v) is 22.6. The molecule has 3 rings (SSSR count). The Morgan fingerprint density at radius 2 is 1.91 bits per heavy atom. The van der Waals surface area contributed by atoms with Crippen molar-refractivity contribution in [3.63, 3.8) is 0 Å². The van der Waals surface area contributed by atoms with E-state index in [9.17, 15) is 9.59 Å². The highest BCUT2D eigenvalue weighted by molar-refractivity contribution is 7.59. The van der Waals surface area contributed by atoms with Crippen LogP contribution in [0.5, 0.6) is 0 Å². The van der Waals surface area contributed by atoms with Crippen LogP contribution >= 0.6 is 27.0 Å². The van der Waals surface area contributed by atoms with Crippen molar-refractivity contribution >= 4 is 55.6 Å². The molecule has 2 aromatic heterocycles. The van der Waals surface area contributed by atoms with Gasteiger partial charge in [-0.15, -0.1) is 4.98 Å². The number of carbonyl (C=O) groups excluding carboxylic acids is 1. The first-order valence-corrected chi connectivity index (χ1v) is 10.7. The van der Waals surface area contributed by atoms with E-state index in [-0.39, 0.29) is 56.5 Å². The second kappa shape index (κ2) is 11.8. The molecule has 188 valence electrons. The summed E-state index contributed by atoms with van der Waals surface area (Å²) in [6, 6.07) is 4.62. The third-order valence-electron chi connectivity index (χ3n) is 5.63. The van der Waals surface area contributed by atoms with E-state index in [0.29, 0.717) is 36.4 Å². The first-order valence-electron chi connectivity index (χ1n) is 10.7. The molecule has 1 aliphatic heterocycles.